The molecule has 38 heavy (non-hydrogen) atoms. The number of hydrogen-bond donors (Lipinski definition) is 1. The second kappa shape index (κ2) is 12.2. The van der Waals surface area contributed by atoms with Crippen LogP contribution >= 0.6 is 0 Å². The summed E-state index contributed by atoms with van der Waals surface area (Å²) >= 11 is 0. The fourth-order valence-electron chi connectivity index (χ4n) is 6.43. The largest absolute Gasteiger partial charge is 0.493 e. The molecule has 3 aliphatic heterocycles. The molecule has 0 saturated carbocycles. The number of nitrogens with zero attached hydrogens (tertiary/aromatic N) is 4. The Kier molecular flexibility index (Phi) is 8.51. The van der Waals surface area contributed by atoms with Crippen molar-refractivity contribution in [1.82, 2.24) is 24.7 Å². The van der Waals surface area contributed by atoms with E-state index in [-0.39, 0.29) is 18.4 Å². The van der Waals surface area contributed by atoms with Crippen molar-refractivity contribution in [2.75, 3.05) is 39.9 Å². The molecular formula is C29H41N5O4. The van der Waals surface area contributed by atoms with Crippen LogP contribution in [0.5, 0.6) is 11.5 Å². The monoisotopic (exact) mass is 523 g/mol. The van der Waals surface area contributed by atoms with Crippen molar-refractivity contribution in [3.05, 3.63) is 42.0 Å². The first-order valence-corrected chi connectivity index (χ1v) is 14.2. The van der Waals surface area contributed by atoms with Gasteiger partial charge in [0.1, 0.15) is 5.82 Å². The predicted molar refractivity (Wildman–Crippen MR) is 144 cm³/mol. The summed E-state index contributed by atoms with van der Waals surface area (Å²) < 4.78 is 13.8. The molecule has 1 N–H and O–H groups in total. The van der Waals surface area contributed by atoms with Gasteiger partial charge in [-0.2, -0.15) is 0 Å². The minimum absolute atomic E-state index is 0.00444. The molecule has 2 amide bonds. The lowest BCUT2D eigenvalue weighted by Crippen LogP contribution is -2.43. The number of nitrogens with one attached hydrogen (secondary N) is 1. The number of carbonyl (C=O) groups excluding carboxylic acids is 2. The highest BCUT2D eigenvalue weighted by atomic mass is 16.5. The average molecular weight is 524 g/mol. The Morgan fingerprint density at radius 1 is 1.24 bits per heavy atom. The van der Waals surface area contributed by atoms with Crippen LogP contribution in [-0.2, 0) is 22.6 Å². The second-order valence-electron chi connectivity index (χ2n) is 10.7. The van der Waals surface area contributed by atoms with Crippen LogP contribution in [0.1, 0.15) is 62.9 Å². The topological polar surface area (TPSA) is 88.9 Å². The molecule has 2 aromatic rings. The van der Waals surface area contributed by atoms with Crippen molar-refractivity contribution in [3.8, 4) is 11.5 Å². The summed E-state index contributed by atoms with van der Waals surface area (Å²) in [5.74, 6) is 2.81. The summed E-state index contributed by atoms with van der Waals surface area (Å²) in [4.78, 5) is 34.9. The van der Waals surface area contributed by atoms with Crippen molar-refractivity contribution >= 4 is 11.8 Å². The van der Waals surface area contributed by atoms with Gasteiger partial charge in [-0.1, -0.05) is 13.0 Å². The number of rotatable bonds is 5. The third kappa shape index (κ3) is 5.82. The molecule has 3 atom stereocenters. The third-order valence-electron chi connectivity index (χ3n) is 8.40. The fourth-order valence-corrected chi connectivity index (χ4v) is 6.43. The van der Waals surface area contributed by atoms with E-state index in [4.69, 9.17) is 9.47 Å². The zero-order valence-electron chi connectivity index (χ0n) is 22.7. The molecule has 0 unspecified atom stereocenters. The smallest absolute Gasteiger partial charge is 0.239 e. The van der Waals surface area contributed by atoms with E-state index in [2.05, 4.69) is 34.3 Å². The number of methoxy groups -OCH3 is 1. The van der Waals surface area contributed by atoms with Crippen LogP contribution in [0.4, 0.5) is 0 Å². The highest BCUT2D eigenvalue weighted by Gasteiger charge is 2.44. The van der Waals surface area contributed by atoms with Gasteiger partial charge in [-0.15, -0.1) is 0 Å². The molecule has 9 nitrogen and oxygen atoms in total. The van der Waals surface area contributed by atoms with Crippen LogP contribution in [0.2, 0.25) is 0 Å². The van der Waals surface area contributed by atoms with Crippen molar-refractivity contribution in [2.24, 2.45) is 5.92 Å². The van der Waals surface area contributed by atoms with E-state index in [9.17, 15) is 9.59 Å². The number of benzene rings is 1. The summed E-state index contributed by atoms with van der Waals surface area (Å²) in [5.41, 5.74) is 1.26. The van der Waals surface area contributed by atoms with Gasteiger partial charge in [-0.25, -0.2) is 4.98 Å². The standard InChI is InChI=1S/C29H41N5O4/c1-3-27-30-11-15-32(27)14-10-29(36)33-12-4-5-16-38-26-18-21(8-9-25(26)37-2)24-17-22(19-31-28(35)20-33)23-7-6-13-34(23)24/h8-9,11,15,18,22-24H,3-7,10,12-14,16-17,19-20H2,1-2H3,(H,31,35)/t22-,23+,24-/m1/s1. The Morgan fingerprint density at radius 3 is 2.97 bits per heavy atom. The predicted octanol–water partition coefficient (Wildman–Crippen LogP) is 3.19. The molecule has 1 aromatic carbocycles. The van der Waals surface area contributed by atoms with Gasteiger partial charge < -0.3 is 24.3 Å². The van der Waals surface area contributed by atoms with Gasteiger partial charge >= 0.3 is 0 Å². The summed E-state index contributed by atoms with van der Waals surface area (Å²) in [6, 6.07) is 7.11. The number of imidazole rings is 1. The molecule has 0 spiro atoms. The number of ether oxygens (including phenoxy) is 2. The van der Waals surface area contributed by atoms with Crippen LogP contribution in [0, 0.1) is 5.92 Å². The highest BCUT2D eigenvalue weighted by molar-refractivity contribution is 5.84. The third-order valence-corrected chi connectivity index (χ3v) is 8.40. The van der Waals surface area contributed by atoms with Crippen molar-refractivity contribution < 1.29 is 19.1 Å². The molecule has 206 valence electrons. The number of hydrogen-bond acceptors (Lipinski definition) is 6. The first-order valence-electron chi connectivity index (χ1n) is 14.2. The van der Waals surface area contributed by atoms with Crippen LogP contribution in [0.15, 0.2) is 30.6 Å². The maximum atomic E-state index is 13.2. The Labute approximate surface area is 225 Å². The molecule has 4 bridgehead atoms. The molecule has 4 heterocycles. The maximum Gasteiger partial charge on any atom is 0.239 e. The summed E-state index contributed by atoms with van der Waals surface area (Å²) in [6.45, 7) is 5.51. The molecular weight excluding hydrogens is 482 g/mol. The molecule has 9 heteroatoms. The number of aromatic nitrogens is 2. The zero-order chi connectivity index (χ0) is 26.5. The Morgan fingerprint density at radius 2 is 2.13 bits per heavy atom. The lowest BCUT2D eigenvalue weighted by molar-refractivity contribution is -0.136. The van der Waals surface area contributed by atoms with Gasteiger partial charge in [0, 0.05) is 57.0 Å². The molecule has 2 saturated heterocycles. The number of aryl methyl sites for hydroxylation is 2. The molecule has 1 aromatic heterocycles. The van der Waals surface area contributed by atoms with Crippen molar-refractivity contribution in [2.45, 2.75) is 70.5 Å². The zero-order valence-corrected chi connectivity index (χ0v) is 22.7. The minimum Gasteiger partial charge on any atom is -0.493 e. The van der Waals surface area contributed by atoms with E-state index < -0.39 is 0 Å². The van der Waals surface area contributed by atoms with E-state index >= 15 is 0 Å². The number of fused-ring (bicyclic) bond motifs is 8. The Balaban J connectivity index is 1.30. The molecule has 5 rings (SSSR count). The van der Waals surface area contributed by atoms with Gasteiger partial charge in [0.2, 0.25) is 11.8 Å². The SMILES string of the molecule is CCc1nccn1CCC(=O)N1CCCCOc2cc(ccc2OC)[C@H]2C[C@H](CNC(=O)C1)[C@@H]1CCCN21. The summed E-state index contributed by atoms with van der Waals surface area (Å²) in [5, 5.41) is 3.18. The fraction of sp³-hybridized carbons (Fsp3) is 0.621. The summed E-state index contributed by atoms with van der Waals surface area (Å²) in [6.07, 6.45) is 9.73. The van der Waals surface area contributed by atoms with E-state index in [1.54, 1.807) is 18.2 Å². The van der Waals surface area contributed by atoms with E-state index in [0.29, 0.717) is 50.7 Å². The van der Waals surface area contributed by atoms with Gasteiger partial charge in [-0.3, -0.25) is 14.5 Å². The van der Waals surface area contributed by atoms with Crippen LogP contribution in [0.3, 0.4) is 0 Å². The van der Waals surface area contributed by atoms with Crippen LogP contribution < -0.4 is 14.8 Å². The van der Waals surface area contributed by atoms with Gasteiger partial charge in [0.05, 0.1) is 20.3 Å². The Bertz CT molecular complexity index is 1120. The highest BCUT2D eigenvalue weighted by Crippen LogP contribution is 2.46. The van der Waals surface area contributed by atoms with E-state index in [1.807, 2.05) is 16.8 Å². The van der Waals surface area contributed by atoms with Gasteiger partial charge in [-0.05, 0) is 62.3 Å². The lowest BCUT2D eigenvalue weighted by Gasteiger charge is -2.25. The second-order valence-corrected chi connectivity index (χ2v) is 10.7. The Hall–Kier alpha value is -3.07. The first kappa shape index (κ1) is 26.5. The molecule has 0 aliphatic carbocycles. The van der Waals surface area contributed by atoms with Crippen molar-refractivity contribution in [1.29, 1.82) is 0 Å². The maximum absolute atomic E-state index is 13.2. The lowest BCUT2D eigenvalue weighted by atomic mass is 9.94. The van der Waals surface area contributed by atoms with Crippen LogP contribution in [0.25, 0.3) is 0 Å². The number of carbonyl (C=O) groups is 2. The molecule has 0 radical (unpaired) electrons. The van der Waals surface area contributed by atoms with Crippen LogP contribution in [-0.4, -0.2) is 77.1 Å². The summed E-state index contributed by atoms with van der Waals surface area (Å²) in [7, 11) is 1.68. The average Bonchev–Trinajstić information content (AvgIpc) is 3.66. The van der Waals surface area contributed by atoms with E-state index in [0.717, 1.165) is 56.0 Å². The van der Waals surface area contributed by atoms with Gasteiger partial charge in [0.15, 0.2) is 11.5 Å². The van der Waals surface area contributed by atoms with Gasteiger partial charge in [0.25, 0.3) is 0 Å². The van der Waals surface area contributed by atoms with E-state index in [1.165, 1.54) is 12.0 Å². The molecule has 2 fully saturated rings. The quantitative estimate of drug-likeness (QED) is 0.648. The number of amides is 2. The molecule has 3 aliphatic rings. The minimum atomic E-state index is -0.0710. The van der Waals surface area contributed by atoms with Crippen molar-refractivity contribution in [3.63, 3.8) is 0 Å². The normalized spacial score (nSPS) is 24.5. The first-order chi connectivity index (χ1) is 18.6.